The summed E-state index contributed by atoms with van der Waals surface area (Å²) in [4.78, 5) is 2.69. The largest absolute Gasteiger partial charge is 0.385 e. The van der Waals surface area contributed by atoms with Crippen LogP contribution in [0.15, 0.2) is 0 Å². The van der Waals surface area contributed by atoms with Crippen molar-refractivity contribution in [2.75, 3.05) is 33.4 Å². The van der Waals surface area contributed by atoms with Gasteiger partial charge in [0.25, 0.3) is 0 Å². The van der Waals surface area contributed by atoms with Gasteiger partial charge in [0, 0.05) is 25.3 Å². The number of nitrogens with zero attached hydrogens (tertiary/aromatic N) is 1. The fourth-order valence-corrected chi connectivity index (χ4v) is 3.15. The highest BCUT2D eigenvalue weighted by molar-refractivity contribution is 4.94. The lowest BCUT2D eigenvalue weighted by molar-refractivity contribution is 0.0546. The third kappa shape index (κ3) is 5.41. The monoisotopic (exact) mass is 270 g/mol. The summed E-state index contributed by atoms with van der Waals surface area (Å²) in [5, 5.41) is 3.77. The van der Waals surface area contributed by atoms with Crippen LogP contribution < -0.4 is 5.32 Å². The van der Waals surface area contributed by atoms with Crippen LogP contribution in [0.3, 0.4) is 0 Å². The SMILES string of the molecule is CCCNC(CCCOC)C(C)(C)N1CCCCC1. The van der Waals surface area contributed by atoms with Crippen LogP contribution >= 0.6 is 0 Å². The van der Waals surface area contributed by atoms with E-state index in [-0.39, 0.29) is 5.54 Å². The van der Waals surface area contributed by atoms with Crippen LogP contribution in [-0.2, 0) is 4.74 Å². The van der Waals surface area contributed by atoms with E-state index >= 15 is 0 Å². The van der Waals surface area contributed by atoms with Gasteiger partial charge < -0.3 is 10.1 Å². The summed E-state index contributed by atoms with van der Waals surface area (Å²) in [6, 6.07) is 0.570. The van der Waals surface area contributed by atoms with Gasteiger partial charge >= 0.3 is 0 Å². The minimum Gasteiger partial charge on any atom is -0.385 e. The van der Waals surface area contributed by atoms with E-state index in [2.05, 4.69) is 31.0 Å². The van der Waals surface area contributed by atoms with Crippen molar-refractivity contribution >= 4 is 0 Å². The molecule has 0 amide bonds. The summed E-state index contributed by atoms with van der Waals surface area (Å²) in [6.07, 6.45) is 7.69. The number of hydrogen-bond donors (Lipinski definition) is 1. The minimum atomic E-state index is 0.253. The Morgan fingerprint density at radius 2 is 1.89 bits per heavy atom. The Labute approximate surface area is 120 Å². The highest BCUT2D eigenvalue weighted by Crippen LogP contribution is 2.26. The highest BCUT2D eigenvalue weighted by atomic mass is 16.5. The first-order valence-electron chi connectivity index (χ1n) is 8.10. The molecule has 19 heavy (non-hydrogen) atoms. The van der Waals surface area contributed by atoms with Crippen LogP contribution in [0.5, 0.6) is 0 Å². The molecule has 3 nitrogen and oxygen atoms in total. The van der Waals surface area contributed by atoms with Gasteiger partial charge in [-0.25, -0.2) is 0 Å². The first kappa shape index (κ1) is 16.9. The molecule has 0 aliphatic carbocycles. The standard InChI is InChI=1S/C16H34N2O/c1-5-11-17-15(10-9-14-19-4)16(2,3)18-12-7-6-8-13-18/h15,17H,5-14H2,1-4H3. The molecule has 1 aliphatic rings. The Bertz CT molecular complexity index is 225. The molecule has 0 aromatic heterocycles. The maximum atomic E-state index is 5.21. The molecule has 1 aliphatic heterocycles. The number of piperidine rings is 1. The van der Waals surface area contributed by atoms with Crippen molar-refractivity contribution in [3.05, 3.63) is 0 Å². The zero-order valence-corrected chi connectivity index (χ0v) is 13.5. The Balaban J connectivity index is 2.57. The molecule has 1 saturated heterocycles. The van der Waals surface area contributed by atoms with Gasteiger partial charge in [-0.1, -0.05) is 13.3 Å². The van der Waals surface area contributed by atoms with Crippen molar-refractivity contribution in [1.82, 2.24) is 10.2 Å². The summed E-state index contributed by atoms with van der Waals surface area (Å²) in [7, 11) is 1.80. The second-order valence-electron chi connectivity index (χ2n) is 6.34. The van der Waals surface area contributed by atoms with Gasteiger partial charge in [0.05, 0.1) is 0 Å². The number of rotatable bonds is 9. The van der Waals surface area contributed by atoms with Gasteiger partial charge in [0.15, 0.2) is 0 Å². The molecule has 1 atom stereocenters. The van der Waals surface area contributed by atoms with E-state index in [1.165, 1.54) is 45.2 Å². The van der Waals surface area contributed by atoms with Crippen molar-refractivity contribution in [3.63, 3.8) is 0 Å². The third-order valence-electron chi connectivity index (χ3n) is 4.51. The summed E-state index contributed by atoms with van der Waals surface area (Å²) < 4.78 is 5.21. The molecule has 0 aromatic rings. The number of ether oxygens (including phenoxy) is 1. The second kappa shape index (κ2) is 8.93. The average Bonchev–Trinajstić information content (AvgIpc) is 2.43. The van der Waals surface area contributed by atoms with E-state index in [4.69, 9.17) is 4.74 Å². The summed E-state index contributed by atoms with van der Waals surface area (Å²) in [6.45, 7) is 11.6. The lowest BCUT2D eigenvalue weighted by atomic mass is 9.87. The maximum Gasteiger partial charge on any atom is 0.0462 e. The number of methoxy groups -OCH3 is 1. The van der Waals surface area contributed by atoms with Gasteiger partial charge in [-0.05, 0) is 65.6 Å². The number of nitrogens with one attached hydrogen (secondary N) is 1. The topological polar surface area (TPSA) is 24.5 Å². The predicted octanol–water partition coefficient (Wildman–Crippen LogP) is 3.05. The molecule has 114 valence electrons. The number of hydrogen-bond acceptors (Lipinski definition) is 3. The van der Waals surface area contributed by atoms with Crippen molar-refractivity contribution in [3.8, 4) is 0 Å². The van der Waals surface area contributed by atoms with Crippen LogP contribution in [0.4, 0.5) is 0 Å². The molecule has 1 unspecified atom stereocenters. The molecule has 0 bridgehead atoms. The molecular formula is C16H34N2O. The van der Waals surface area contributed by atoms with Crippen molar-refractivity contribution in [1.29, 1.82) is 0 Å². The normalized spacial score (nSPS) is 19.6. The van der Waals surface area contributed by atoms with Gasteiger partial charge in [-0.3, -0.25) is 4.90 Å². The highest BCUT2D eigenvalue weighted by Gasteiger charge is 2.35. The fourth-order valence-electron chi connectivity index (χ4n) is 3.15. The molecule has 1 fully saturated rings. The molecule has 0 aromatic carbocycles. The smallest absolute Gasteiger partial charge is 0.0462 e. The fraction of sp³-hybridized carbons (Fsp3) is 1.00. The third-order valence-corrected chi connectivity index (χ3v) is 4.51. The van der Waals surface area contributed by atoms with E-state index in [0.717, 1.165) is 19.6 Å². The molecule has 3 heteroatoms. The Hall–Kier alpha value is -0.120. The summed E-state index contributed by atoms with van der Waals surface area (Å²) in [5.74, 6) is 0. The minimum absolute atomic E-state index is 0.253. The van der Waals surface area contributed by atoms with E-state index in [1.807, 2.05) is 0 Å². The van der Waals surface area contributed by atoms with Crippen molar-refractivity contribution in [2.45, 2.75) is 70.9 Å². The van der Waals surface area contributed by atoms with E-state index in [0.29, 0.717) is 6.04 Å². The zero-order chi connectivity index (χ0) is 14.1. The molecule has 0 spiro atoms. The maximum absolute atomic E-state index is 5.21. The van der Waals surface area contributed by atoms with E-state index < -0.39 is 0 Å². The molecule has 1 heterocycles. The Kier molecular flexibility index (Phi) is 7.96. The first-order valence-corrected chi connectivity index (χ1v) is 8.10. The van der Waals surface area contributed by atoms with Crippen LogP contribution in [-0.4, -0.2) is 49.8 Å². The van der Waals surface area contributed by atoms with Crippen molar-refractivity contribution < 1.29 is 4.74 Å². The molecule has 1 rings (SSSR count). The number of likely N-dealkylation sites (tertiary alicyclic amines) is 1. The molecule has 0 radical (unpaired) electrons. The van der Waals surface area contributed by atoms with Crippen molar-refractivity contribution in [2.24, 2.45) is 0 Å². The van der Waals surface area contributed by atoms with Gasteiger partial charge in [-0.2, -0.15) is 0 Å². The van der Waals surface area contributed by atoms with Gasteiger partial charge in [-0.15, -0.1) is 0 Å². The van der Waals surface area contributed by atoms with Gasteiger partial charge in [0.1, 0.15) is 0 Å². The summed E-state index contributed by atoms with van der Waals surface area (Å²) in [5.41, 5.74) is 0.253. The van der Waals surface area contributed by atoms with Crippen LogP contribution in [0.1, 0.15) is 59.3 Å². The van der Waals surface area contributed by atoms with E-state index in [9.17, 15) is 0 Å². The predicted molar refractivity (Wildman–Crippen MR) is 82.7 cm³/mol. The van der Waals surface area contributed by atoms with Crippen LogP contribution in [0.25, 0.3) is 0 Å². The molecule has 0 saturated carbocycles. The van der Waals surface area contributed by atoms with Crippen LogP contribution in [0.2, 0.25) is 0 Å². The quantitative estimate of drug-likeness (QED) is 0.652. The molecule has 1 N–H and O–H groups in total. The first-order chi connectivity index (χ1) is 9.12. The molecular weight excluding hydrogens is 236 g/mol. The Morgan fingerprint density at radius 3 is 2.47 bits per heavy atom. The van der Waals surface area contributed by atoms with Crippen LogP contribution in [0, 0.1) is 0 Å². The second-order valence-corrected chi connectivity index (χ2v) is 6.34. The summed E-state index contributed by atoms with van der Waals surface area (Å²) >= 11 is 0. The average molecular weight is 270 g/mol. The zero-order valence-electron chi connectivity index (χ0n) is 13.5. The Morgan fingerprint density at radius 1 is 1.21 bits per heavy atom. The van der Waals surface area contributed by atoms with Gasteiger partial charge in [0.2, 0.25) is 0 Å². The lowest BCUT2D eigenvalue weighted by Gasteiger charge is -2.46. The van der Waals surface area contributed by atoms with E-state index in [1.54, 1.807) is 7.11 Å². The lowest BCUT2D eigenvalue weighted by Crippen LogP contribution is -2.59.